The van der Waals surface area contributed by atoms with E-state index in [4.69, 9.17) is 5.26 Å². The molecule has 7 heteroatoms. The summed E-state index contributed by atoms with van der Waals surface area (Å²) < 4.78 is 28.9. The van der Waals surface area contributed by atoms with Crippen LogP contribution in [-0.4, -0.2) is 52.3 Å². The van der Waals surface area contributed by atoms with Crippen molar-refractivity contribution in [3.05, 3.63) is 29.8 Å². The lowest BCUT2D eigenvalue weighted by Crippen LogP contribution is -2.28. The standard InChI is InChI=1S/C14H18N2O4S/c1-16(7-6-14(17)20-2)8-9-21(18,19)13-5-3-4-12(10-13)11-15/h3-5,10H,6-9H2,1-2H3. The molecule has 0 radical (unpaired) electrons. The SMILES string of the molecule is COC(=O)CCN(C)CCS(=O)(=O)c1cccc(C#N)c1. The number of hydrogen-bond acceptors (Lipinski definition) is 6. The second kappa shape index (κ2) is 7.76. The number of esters is 1. The van der Waals surface area contributed by atoms with Gasteiger partial charge in [-0.3, -0.25) is 4.79 Å². The van der Waals surface area contributed by atoms with E-state index in [-0.39, 0.29) is 23.0 Å². The molecule has 0 amide bonds. The van der Waals surface area contributed by atoms with Gasteiger partial charge >= 0.3 is 5.97 Å². The van der Waals surface area contributed by atoms with Crippen LogP contribution in [0.5, 0.6) is 0 Å². The zero-order chi connectivity index (χ0) is 15.9. The van der Waals surface area contributed by atoms with Crippen molar-refractivity contribution >= 4 is 15.8 Å². The first-order valence-electron chi connectivity index (χ1n) is 6.37. The van der Waals surface area contributed by atoms with Crippen LogP contribution in [0.3, 0.4) is 0 Å². The molecule has 1 rings (SSSR count). The number of rotatable bonds is 7. The number of sulfone groups is 1. The van der Waals surface area contributed by atoms with Gasteiger partial charge in [-0.1, -0.05) is 6.07 Å². The maximum absolute atomic E-state index is 12.2. The van der Waals surface area contributed by atoms with Gasteiger partial charge in [0.05, 0.1) is 35.8 Å². The minimum Gasteiger partial charge on any atom is -0.469 e. The lowest BCUT2D eigenvalue weighted by Gasteiger charge is -2.15. The molecule has 0 heterocycles. The summed E-state index contributed by atoms with van der Waals surface area (Å²) in [6.07, 6.45) is 0.219. The normalized spacial score (nSPS) is 11.1. The summed E-state index contributed by atoms with van der Waals surface area (Å²) in [5, 5.41) is 8.79. The Morgan fingerprint density at radius 1 is 1.38 bits per heavy atom. The van der Waals surface area contributed by atoms with Crippen LogP contribution in [0.4, 0.5) is 0 Å². The molecule has 0 saturated carbocycles. The Bertz CT molecular complexity index is 635. The van der Waals surface area contributed by atoms with E-state index in [0.29, 0.717) is 18.7 Å². The molecule has 0 spiro atoms. The fourth-order valence-electron chi connectivity index (χ4n) is 1.65. The van der Waals surface area contributed by atoms with E-state index < -0.39 is 9.84 Å². The van der Waals surface area contributed by atoms with Crippen molar-refractivity contribution in [2.75, 3.05) is 33.0 Å². The van der Waals surface area contributed by atoms with Gasteiger partial charge in [0, 0.05) is 13.1 Å². The van der Waals surface area contributed by atoms with Crippen molar-refractivity contribution in [3.8, 4) is 6.07 Å². The number of carbonyl (C=O) groups is 1. The predicted octanol–water partition coefficient (Wildman–Crippen LogP) is 0.827. The third-order valence-electron chi connectivity index (χ3n) is 2.99. The fraction of sp³-hybridized carbons (Fsp3) is 0.429. The number of nitriles is 1. The highest BCUT2D eigenvalue weighted by molar-refractivity contribution is 7.91. The Hall–Kier alpha value is -1.91. The lowest BCUT2D eigenvalue weighted by atomic mass is 10.2. The second-order valence-corrected chi connectivity index (χ2v) is 6.70. The molecule has 0 fully saturated rings. The second-order valence-electron chi connectivity index (χ2n) is 4.59. The van der Waals surface area contributed by atoms with Gasteiger partial charge in [-0.25, -0.2) is 8.42 Å². The Kier molecular flexibility index (Phi) is 6.34. The Morgan fingerprint density at radius 3 is 2.71 bits per heavy atom. The Labute approximate surface area is 124 Å². The number of ether oxygens (including phenoxy) is 1. The Morgan fingerprint density at radius 2 is 2.10 bits per heavy atom. The zero-order valence-electron chi connectivity index (χ0n) is 12.1. The molecule has 0 aliphatic heterocycles. The Balaban J connectivity index is 2.60. The van der Waals surface area contributed by atoms with E-state index in [2.05, 4.69) is 4.74 Å². The van der Waals surface area contributed by atoms with E-state index >= 15 is 0 Å². The maximum atomic E-state index is 12.2. The molecule has 0 aromatic heterocycles. The molecule has 0 aliphatic carbocycles. The maximum Gasteiger partial charge on any atom is 0.306 e. The minimum absolute atomic E-state index is 0.0699. The van der Waals surface area contributed by atoms with E-state index in [1.807, 2.05) is 6.07 Å². The van der Waals surface area contributed by atoms with Crippen molar-refractivity contribution in [3.63, 3.8) is 0 Å². The summed E-state index contributed by atoms with van der Waals surface area (Å²) in [4.78, 5) is 12.9. The van der Waals surface area contributed by atoms with Crippen LogP contribution in [0.15, 0.2) is 29.2 Å². The van der Waals surface area contributed by atoms with Crippen LogP contribution >= 0.6 is 0 Å². The van der Waals surface area contributed by atoms with Crippen LogP contribution in [0.25, 0.3) is 0 Å². The molecule has 0 atom stereocenters. The molecule has 114 valence electrons. The predicted molar refractivity (Wildman–Crippen MR) is 77.3 cm³/mol. The van der Waals surface area contributed by atoms with Crippen LogP contribution < -0.4 is 0 Å². The van der Waals surface area contributed by atoms with Crippen LogP contribution in [0.2, 0.25) is 0 Å². The molecule has 1 aromatic rings. The molecular formula is C14H18N2O4S. The molecular weight excluding hydrogens is 292 g/mol. The summed E-state index contributed by atoms with van der Waals surface area (Å²) in [5.41, 5.74) is 0.315. The third-order valence-corrected chi connectivity index (χ3v) is 4.68. The number of methoxy groups -OCH3 is 1. The van der Waals surface area contributed by atoms with Crippen molar-refractivity contribution < 1.29 is 17.9 Å². The average molecular weight is 310 g/mol. The van der Waals surface area contributed by atoms with Gasteiger partial charge in [-0.15, -0.1) is 0 Å². The van der Waals surface area contributed by atoms with Crippen LogP contribution in [0.1, 0.15) is 12.0 Å². The highest BCUT2D eigenvalue weighted by atomic mass is 32.2. The summed E-state index contributed by atoms with van der Waals surface area (Å²) in [6, 6.07) is 7.86. The monoisotopic (exact) mass is 310 g/mol. The van der Waals surface area contributed by atoms with Gasteiger partial charge in [0.1, 0.15) is 0 Å². The van der Waals surface area contributed by atoms with Gasteiger partial charge in [0.15, 0.2) is 9.84 Å². The van der Waals surface area contributed by atoms with Crippen molar-refractivity contribution in [2.24, 2.45) is 0 Å². The van der Waals surface area contributed by atoms with Gasteiger partial charge < -0.3 is 9.64 Å². The molecule has 6 nitrogen and oxygen atoms in total. The molecule has 21 heavy (non-hydrogen) atoms. The van der Waals surface area contributed by atoms with Crippen LogP contribution in [-0.2, 0) is 19.4 Å². The van der Waals surface area contributed by atoms with E-state index in [1.165, 1.54) is 19.2 Å². The molecule has 0 saturated heterocycles. The number of hydrogen-bond donors (Lipinski definition) is 0. The highest BCUT2D eigenvalue weighted by Gasteiger charge is 2.16. The van der Waals surface area contributed by atoms with Gasteiger partial charge in [-0.2, -0.15) is 5.26 Å². The van der Waals surface area contributed by atoms with E-state index in [0.717, 1.165) is 0 Å². The first kappa shape index (κ1) is 17.1. The quantitative estimate of drug-likeness (QED) is 0.693. The van der Waals surface area contributed by atoms with Crippen molar-refractivity contribution in [1.82, 2.24) is 4.90 Å². The average Bonchev–Trinajstić information content (AvgIpc) is 2.50. The summed E-state index contributed by atoms with van der Waals surface area (Å²) in [6.45, 7) is 0.733. The van der Waals surface area contributed by atoms with Crippen LogP contribution in [0, 0.1) is 11.3 Å². The largest absolute Gasteiger partial charge is 0.469 e. The number of benzene rings is 1. The summed E-state index contributed by atoms with van der Waals surface area (Å²) in [7, 11) is -0.386. The van der Waals surface area contributed by atoms with Gasteiger partial charge in [-0.05, 0) is 25.2 Å². The first-order valence-corrected chi connectivity index (χ1v) is 8.02. The zero-order valence-corrected chi connectivity index (χ0v) is 12.9. The van der Waals surface area contributed by atoms with E-state index in [9.17, 15) is 13.2 Å². The molecule has 0 unspecified atom stereocenters. The molecule has 0 N–H and O–H groups in total. The minimum atomic E-state index is -3.44. The van der Waals surface area contributed by atoms with Crippen molar-refractivity contribution in [1.29, 1.82) is 5.26 Å². The number of nitrogens with zero attached hydrogens (tertiary/aromatic N) is 2. The van der Waals surface area contributed by atoms with Gasteiger partial charge in [0.25, 0.3) is 0 Å². The third kappa shape index (κ3) is 5.53. The fourth-order valence-corrected chi connectivity index (χ4v) is 3.03. The topological polar surface area (TPSA) is 87.5 Å². The summed E-state index contributed by atoms with van der Waals surface area (Å²) in [5.74, 6) is -0.397. The molecule has 1 aromatic carbocycles. The summed E-state index contributed by atoms with van der Waals surface area (Å²) >= 11 is 0. The molecule has 0 aliphatic rings. The first-order chi connectivity index (χ1) is 9.89. The van der Waals surface area contributed by atoms with Gasteiger partial charge in [0.2, 0.25) is 0 Å². The lowest BCUT2D eigenvalue weighted by molar-refractivity contribution is -0.140. The smallest absolute Gasteiger partial charge is 0.306 e. The van der Waals surface area contributed by atoms with E-state index in [1.54, 1.807) is 24.1 Å². The highest BCUT2D eigenvalue weighted by Crippen LogP contribution is 2.13. The van der Waals surface area contributed by atoms with Crippen molar-refractivity contribution in [2.45, 2.75) is 11.3 Å². The number of carbonyl (C=O) groups excluding carboxylic acids is 1. The molecule has 0 bridgehead atoms.